The second-order valence-corrected chi connectivity index (χ2v) is 5.87. The zero-order chi connectivity index (χ0) is 15.3. The molecule has 0 radical (unpaired) electrons. The molecule has 0 N–H and O–H groups in total. The first-order chi connectivity index (χ1) is 10.6. The molecule has 1 atom stereocenters. The molecular weight excluding hydrogens is 300 g/mol. The highest BCUT2D eigenvalue weighted by atomic mass is 35.5. The Hall–Kier alpha value is -2.33. The standard InChI is InChI=1S/C17H13ClN2O2/c1-10-9-14-15(21)13-3-2-8-19-16(13)20(17(14)22-10)12-6-4-11(18)5-7-12/h2-8,10H,9H2,1H3. The Morgan fingerprint density at radius 3 is 2.82 bits per heavy atom. The maximum atomic E-state index is 12.6. The smallest absolute Gasteiger partial charge is 0.207 e. The van der Waals surface area contributed by atoms with Gasteiger partial charge in [0.25, 0.3) is 0 Å². The van der Waals surface area contributed by atoms with Gasteiger partial charge in [-0.05, 0) is 43.3 Å². The second-order valence-electron chi connectivity index (χ2n) is 5.43. The lowest BCUT2D eigenvalue weighted by Crippen LogP contribution is -2.14. The van der Waals surface area contributed by atoms with E-state index in [-0.39, 0.29) is 11.5 Å². The SMILES string of the molecule is CC1Cc2c(n(-c3ccc(Cl)cc3)c3ncccc3c2=O)O1. The summed E-state index contributed by atoms with van der Waals surface area (Å²) >= 11 is 5.98. The van der Waals surface area contributed by atoms with Gasteiger partial charge in [0.15, 0.2) is 11.1 Å². The minimum Gasteiger partial charge on any atom is -0.475 e. The Labute approximate surface area is 131 Å². The molecule has 2 aromatic heterocycles. The topological polar surface area (TPSA) is 44.1 Å². The third-order valence-corrected chi connectivity index (χ3v) is 4.12. The van der Waals surface area contributed by atoms with Crippen molar-refractivity contribution in [1.29, 1.82) is 0 Å². The molecule has 0 amide bonds. The molecule has 1 aliphatic rings. The number of rotatable bonds is 1. The lowest BCUT2D eigenvalue weighted by atomic mass is 10.1. The first-order valence-electron chi connectivity index (χ1n) is 7.10. The predicted molar refractivity (Wildman–Crippen MR) is 86.1 cm³/mol. The minimum absolute atomic E-state index is 0.00710. The number of pyridine rings is 2. The first-order valence-corrected chi connectivity index (χ1v) is 7.48. The molecule has 4 nitrogen and oxygen atoms in total. The van der Waals surface area contributed by atoms with Crippen LogP contribution in [0.4, 0.5) is 0 Å². The molecule has 4 rings (SSSR count). The molecule has 3 heterocycles. The van der Waals surface area contributed by atoms with Crippen LogP contribution in [0, 0.1) is 0 Å². The Bertz CT molecular complexity index is 932. The monoisotopic (exact) mass is 312 g/mol. The van der Waals surface area contributed by atoms with Gasteiger partial charge >= 0.3 is 0 Å². The van der Waals surface area contributed by atoms with Gasteiger partial charge in [0.1, 0.15) is 6.10 Å². The summed E-state index contributed by atoms with van der Waals surface area (Å²) in [5.41, 5.74) is 2.19. The van der Waals surface area contributed by atoms with Crippen LogP contribution < -0.4 is 10.2 Å². The summed E-state index contributed by atoms with van der Waals surface area (Å²) in [6.45, 7) is 1.96. The van der Waals surface area contributed by atoms with Crippen molar-refractivity contribution in [1.82, 2.24) is 9.55 Å². The Morgan fingerprint density at radius 1 is 1.27 bits per heavy atom. The van der Waals surface area contributed by atoms with E-state index in [1.807, 2.05) is 35.8 Å². The molecule has 22 heavy (non-hydrogen) atoms. The van der Waals surface area contributed by atoms with Gasteiger partial charge < -0.3 is 4.74 Å². The first kappa shape index (κ1) is 13.3. The van der Waals surface area contributed by atoms with Crippen molar-refractivity contribution in [2.45, 2.75) is 19.4 Å². The number of ether oxygens (including phenoxy) is 1. The Morgan fingerprint density at radius 2 is 2.05 bits per heavy atom. The second kappa shape index (κ2) is 4.85. The summed E-state index contributed by atoms with van der Waals surface area (Å²) in [6, 6.07) is 11.0. The molecule has 0 spiro atoms. The summed E-state index contributed by atoms with van der Waals surface area (Å²) in [7, 11) is 0. The Balaban J connectivity index is 2.13. The van der Waals surface area contributed by atoms with Gasteiger partial charge in [0.2, 0.25) is 5.88 Å². The van der Waals surface area contributed by atoms with Crippen molar-refractivity contribution >= 4 is 22.6 Å². The van der Waals surface area contributed by atoms with E-state index in [0.717, 1.165) is 5.69 Å². The van der Waals surface area contributed by atoms with Crippen LogP contribution in [0.1, 0.15) is 12.5 Å². The van der Waals surface area contributed by atoms with Crippen molar-refractivity contribution in [3.63, 3.8) is 0 Å². The van der Waals surface area contributed by atoms with Gasteiger partial charge in [-0.25, -0.2) is 4.98 Å². The van der Waals surface area contributed by atoms with Crippen LogP contribution in [-0.4, -0.2) is 15.7 Å². The molecule has 110 valence electrons. The number of benzene rings is 1. The average molecular weight is 313 g/mol. The van der Waals surface area contributed by atoms with E-state index in [2.05, 4.69) is 4.98 Å². The molecule has 0 bridgehead atoms. The molecule has 1 aromatic carbocycles. The van der Waals surface area contributed by atoms with E-state index in [1.165, 1.54) is 0 Å². The van der Waals surface area contributed by atoms with Gasteiger partial charge in [-0.3, -0.25) is 9.36 Å². The predicted octanol–water partition coefficient (Wildman–Crippen LogP) is 3.36. The van der Waals surface area contributed by atoms with Crippen molar-refractivity contribution in [3.8, 4) is 11.6 Å². The van der Waals surface area contributed by atoms with Gasteiger partial charge in [-0.1, -0.05) is 11.6 Å². The van der Waals surface area contributed by atoms with Crippen molar-refractivity contribution in [2.75, 3.05) is 0 Å². The van der Waals surface area contributed by atoms with E-state index in [4.69, 9.17) is 16.3 Å². The quantitative estimate of drug-likeness (QED) is 0.692. The van der Waals surface area contributed by atoms with Crippen LogP contribution in [0.15, 0.2) is 47.4 Å². The molecule has 5 heteroatoms. The molecule has 1 unspecified atom stereocenters. The summed E-state index contributed by atoms with van der Waals surface area (Å²) in [6.07, 6.45) is 2.28. The molecule has 1 aliphatic heterocycles. The van der Waals surface area contributed by atoms with Gasteiger partial charge in [0, 0.05) is 17.6 Å². The van der Waals surface area contributed by atoms with Gasteiger partial charge in [-0.2, -0.15) is 0 Å². The third kappa shape index (κ3) is 1.91. The largest absolute Gasteiger partial charge is 0.475 e. The van der Waals surface area contributed by atoms with Crippen molar-refractivity contribution in [2.24, 2.45) is 0 Å². The molecule has 0 fully saturated rings. The fourth-order valence-electron chi connectivity index (χ4n) is 2.90. The van der Waals surface area contributed by atoms with Crippen molar-refractivity contribution in [3.05, 3.63) is 63.4 Å². The lowest BCUT2D eigenvalue weighted by molar-refractivity contribution is 0.242. The highest BCUT2D eigenvalue weighted by molar-refractivity contribution is 6.30. The molecular formula is C17H13ClN2O2. The molecule has 3 aromatic rings. The fourth-order valence-corrected chi connectivity index (χ4v) is 3.02. The molecule has 0 saturated heterocycles. The highest BCUT2D eigenvalue weighted by Crippen LogP contribution is 2.32. The van der Waals surface area contributed by atoms with Crippen LogP contribution in [0.2, 0.25) is 5.02 Å². The van der Waals surface area contributed by atoms with Crippen LogP contribution >= 0.6 is 11.6 Å². The number of fused-ring (bicyclic) bond motifs is 2. The normalized spacial score (nSPS) is 16.5. The number of aromatic nitrogens is 2. The van der Waals surface area contributed by atoms with E-state index in [1.54, 1.807) is 18.3 Å². The van der Waals surface area contributed by atoms with Crippen LogP contribution in [0.3, 0.4) is 0 Å². The maximum Gasteiger partial charge on any atom is 0.207 e. The molecule has 0 saturated carbocycles. The molecule has 0 aliphatic carbocycles. The van der Waals surface area contributed by atoms with E-state index >= 15 is 0 Å². The minimum atomic E-state index is -0.0157. The lowest BCUT2D eigenvalue weighted by Gasteiger charge is -2.15. The summed E-state index contributed by atoms with van der Waals surface area (Å²) in [5.74, 6) is 0.589. The van der Waals surface area contributed by atoms with E-state index in [9.17, 15) is 4.79 Å². The third-order valence-electron chi connectivity index (χ3n) is 3.87. The van der Waals surface area contributed by atoms with Crippen LogP contribution in [-0.2, 0) is 6.42 Å². The highest BCUT2D eigenvalue weighted by Gasteiger charge is 2.28. The number of hydrogen-bond donors (Lipinski definition) is 0. The van der Waals surface area contributed by atoms with Crippen LogP contribution in [0.5, 0.6) is 5.88 Å². The van der Waals surface area contributed by atoms with Gasteiger partial charge in [0.05, 0.1) is 16.6 Å². The summed E-state index contributed by atoms with van der Waals surface area (Å²) in [4.78, 5) is 17.0. The van der Waals surface area contributed by atoms with E-state index < -0.39 is 0 Å². The number of hydrogen-bond acceptors (Lipinski definition) is 3. The van der Waals surface area contributed by atoms with E-state index in [0.29, 0.717) is 33.9 Å². The van der Waals surface area contributed by atoms with Crippen LogP contribution in [0.25, 0.3) is 16.7 Å². The van der Waals surface area contributed by atoms with Crippen molar-refractivity contribution < 1.29 is 4.74 Å². The number of nitrogens with zero attached hydrogens (tertiary/aromatic N) is 2. The zero-order valence-corrected chi connectivity index (χ0v) is 12.7. The maximum absolute atomic E-state index is 12.6. The Kier molecular flexibility index (Phi) is 2.94. The fraction of sp³-hybridized carbons (Fsp3) is 0.176. The summed E-state index contributed by atoms with van der Waals surface area (Å²) < 4.78 is 7.80. The van der Waals surface area contributed by atoms with Gasteiger partial charge in [-0.15, -0.1) is 0 Å². The number of halogens is 1. The summed E-state index contributed by atoms with van der Waals surface area (Å²) in [5, 5.41) is 1.27. The zero-order valence-electron chi connectivity index (χ0n) is 11.9. The average Bonchev–Trinajstić information content (AvgIpc) is 2.91.